The van der Waals surface area contributed by atoms with E-state index in [4.69, 9.17) is 9.26 Å². The van der Waals surface area contributed by atoms with E-state index >= 15 is 0 Å². The Balaban J connectivity index is 1.57. The third-order valence-corrected chi connectivity index (χ3v) is 3.19. The average molecular weight is 258 g/mol. The number of hydrogen-bond donors (Lipinski definition) is 1. The third kappa shape index (κ3) is 2.66. The summed E-state index contributed by atoms with van der Waals surface area (Å²) in [6.45, 7) is 1.06. The molecular weight excluding hydrogens is 244 g/mol. The van der Waals surface area contributed by atoms with Crippen LogP contribution in [-0.2, 0) is 17.8 Å². The predicted octanol–water partition coefficient (Wildman–Crippen LogP) is 1.55. The summed E-state index contributed by atoms with van der Waals surface area (Å²) in [7, 11) is 0. The minimum atomic E-state index is -0.264. The summed E-state index contributed by atoms with van der Waals surface area (Å²) in [6.07, 6.45) is 2.26. The molecule has 5 heteroatoms. The van der Waals surface area contributed by atoms with Crippen LogP contribution in [-0.4, -0.2) is 23.7 Å². The lowest BCUT2D eigenvalue weighted by Gasteiger charge is -2.25. The van der Waals surface area contributed by atoms with Gasteiger partial charge in [-0.25, -0.2) is 0 Å². The molecule has 98 valence electrons. The average Bonchev–Trinajstić information content (AvgIpc) is 2.99. The first-order valence-corrected chi connectivity index (χ1v) is 6.20. The Morgan fingerprint density at radius 3 is 2.95 bits per heavy atom. The molecule has 1 unspecified atom stereocenters. The van der Waals surface area contributed by atoms with Gasteiger partial charge in [0.05, 0.1) is 18.9 Å². The Labute approximate surface area is 110 Å². The first-order valence-electron chi connectivity index (χ1n) is 6.20. The van der Waals surface area contributed by atoms with Crippen molar-refractivity contribution in [2.45, 2.75) is 19.1 Å². The third-order valence-electron chi connectivity index (χ3n) is 3.19. The first kappa shape index (κ1) is 11.9. The van der Waals surface area contributed by atoms with Crippen molar-refractivity contribution >= 4 is 5.91 Å². The number of fused-ring (bicyclic) bond motifs is 1. The van der Waals surface area contributed by atoms with Crippen molar-refractivity contribution in [1.29, 1.82) is 0 Å². The number of nitrogens with zero attached hydrogens (tertiary/aromatic N) is 1. The fraction of sp³-hybridized carbons (Fsp3) is 0.286. The van der Waals surface area contributed by atoms with Gasteiger partial charge in [0.1, 0.15) is 0 Å². The summed E-state index contributed by atoms with van der Waals surface area (Å²) in [4.78, 5) is 11.7. The fourth-order valence-electron chi connectivity index (χ4n) is 2.17. The van der Waals surface area contributed by atoms with Gasteiger partial charge < -0.3 is 14.6 Å². The highest BCUT2D eigenvalue weighted by Gasteiger charge is 2.20. The van der Waals surface area contributed by atoms with E-state index in [1.54, 1.807) is 0 Å². The molecular formula is C14H14N2O3. The molecule has 0 radical (unpaired) electrons. The molecule has 1 N–H and O–H groups in total. The van der Waals surface area contributed by atoms with Gasteiger partial charge >= 0.3 is 0 Å². The molecule has 0 spiro atoms. The quantitative estimate of drug-likeness (QED) is 0.907. The lowest BCUT2D eigenvalue weighted by atomic mass is 9.99. The highest BCUT2D eigenvalue weighted by molar-refractivity contribution is 5.91. The van der Waals surface area contributed by atoms with Gasteiger partial charge in [0, 0.05) is 19.0 Å². The Hall–Kier alpha value is -2.14. The minimum absolute atomic E-state index is 0.00164. The molecule has 1 aromatic heterocycles. The summed E-state index contributed by atoms with van der Waals surface area (Å²) in [5.74, 6) is -0.0452. The molecule has 0 fully saturated rings. The van der Waals surface area contributed by atoms with Gasteiger partial charge in [-0.1, -0.05) is 29.4 Å². The van der Waals surface area contributed by atoms with Crippen molar-refractivity contribution in [1.82, 2.24) is 10.5 Å². The first-order chi connectivity index (χ1) is 9.33. The van der Waals surface area contributed by atoms with Crippen molar-refractivity contribution < 1.29 is 14.1 Å². The van der Waals surface area contributed by atoms with E-state index in [1.165, 1.54) is 23.4 Å². The summed E-state index contributed by atoms with van der Waals surface area (Å²) in [5.41, 5.74) is 2.51. The Morgan fingerprint density at radius 1 is 1.32 bits per heavy atom. The van der Waals surface area contributed by atoms with Crippen LogP contribution in [0.4, 0.5) is 0 Å². The van der Waals surface area contributed by atoms with Gasteiger partial charge in [0.2, 0.25) is 5.76 Å². The van der Waals surface area contributed by atoms with Gasteiger partial charge in [-0.2, -0.15) is 0 Å². The van der Waals surface area contributed by atoms with E-state index in [9.17, 15) is 4.79 Å². The van der Waals surface area contributed by atoms with Crippen molar-refractivity contribution in [3.05, 3.63) is 53.4 Å². The number of rotatable bonds is 3. The molecule has 1 atom stereocenters. The van der Waals surface area contributed by atoms with E-state index in [-0.39, 0.29) is 17.8 Å². The smallest absolute Gasteiger partial charge is 0.289 e. The molecule has 2 aromatic rings. The van der Waals surface area contributed by atoms with Gasteiger partial charge in [-0.3, -0.25) is 4.79 Å². The maximum absolute atomic E-state index is 11.7. The van der Waals surface area contributed by atoms with Gasteiger partial charge in [-0.05, 0) is 11.1 Å². The van der Waals surface area contributed by atoms with E-state index in [0.717, 1.165) is 6.42 Å². The normalized spacial score (nSPS) is 17.8. The lowest BCUT2D eigenvalue weighted by Crippen LogP contribution is -2.36. The molecule has 0 saturated heterocycles. The van der Waals surface area contributed by atoms with Crippen molar-refractivity contribution in [3.63, 3.8) is 0 Å². The zero-order valence-corrected chi connectivity index (χ0v) is 10.3. The number of carbonyl (C=O) groups excluding carboxylic acids is 1. The fourth-order valence-corrected chi connectivity index (χ4v) is 2.17. The van der Waals surface area contributed by atoms with Crippen LogP contribution in [0.15, 0.2) is 41.1 Å². The Kier molecular flexibility index (Phi) is 3.29. The SMILES string of the molecule is O=C(NCC1Cc2ccccc2CO1)c1ccno1. The molecule has 2 heterocycles. The van der Waals surface area contributed by atoms with Crippen LogP contribution in [0, 0.1) is 0 Å². The molecule has 19 heavy (non-hydrogen) atoms. The molecule has 1 aliphatic rings. The number of carbonyl (C=O) groups is 1. The van der Waals surface area contributed by atoms with Crippen LogP contribution in [0.1, 0.15) is 21.7 Å². The number of nitrogens with one attached hydrogen (secondary N) is 1. The zero-order valence-electron chi connectivity index (χ0n) is 10.3. The van der Waals surface area contributed by atoms with Crippen LogP contribution in [0.3, 0.4) is 0 Å². The maximum atomic E-state index is 11.7. The summed E-state index contributed by atoms with van der Waals surface area (Å²) in [5, 5.41) is 6.29. The molecule has 5 nitrogen and oxygen atoms in total. The maximum Gasteiger partial charge on any atom is 0.289 e. The number of amides is 1. The van der Waals surface area contributed by atoms with Crippen LogP contribution < -0.4 is 5.32 Å². The highest BCUT2D eigenvalue weighted by Crippen LogP contribution is 2.19. The molecule has 3 rings (SSSR count). The van der Waals surface area contributed by atoms with E-state index < -0.39 is 0 Å². The zero-order chi connectivity index (χ0) is 13.1. The Morgan fingerprint density at radius 2 is 2.16 bits per heavy atom. The van der Waals surface area contributed by atoms with Crippen molar-refractivity contribution in [2.75, 3.05) is 6.54 Å². The van der Waals surface area contributed by atoms with Crippen LogP contribution >= 0.6 is 0 Å². The van der Waals surface area contributed by atoms with Crippen molar-refractivity contribution in [2.24, 2.45) is 0 Å². The van der Waals surface area contributed by atoms with Crippen LogP contribution in [0.2, 0.25) is 0 Å². The minimum Gasteiger partial charge on any atom is -0.371 e. The predicted molar refractivity (Wildman–Crippen MR) is 67.6 cm³/mol. The van der Waals surface area contributed by atoms with E-state index in [0.29, 0.717) is 13.2 Å². The molecule has 1 aliphatic heterocycles. The van der Waals surface area contributed by atoms with Crippen LogP contribution in [0.25, 0.3) is 0 Å². The van der Waals surface area contributed by atoms with Gasteiger partial charge in [0.15, 0.2) is 0 Å². The van der Waals surface area contributed by atoms with Gasteiger partial charge in [0.25, 0.3) is 5.91 Å². The number of hydrogen-bond acceptors (Lipinski definition) is 4. The Bertz CT molecular complexity index is 566. The van der Waals surface area contributed by atoms with E-state index in [2.05, 4.69) is 22.6 Å². The second-order valence-electron chi connectivity index (χ2n) is 4.49. The molecule has 0 aliphatic carbocycles. The molecule has 0 bridgehead atoms. The second kappa shape index (κ2) is 5.24. The number of ether oxygens (including phenoxy) is 1. The number of aromatic nitrogens is 1. The lowest BCUT2D eigenvalue weighted by molar-refractivity contribution is 0.0281. The van der Waals surface area contributed by atoms with E-state index in [1.807, 2.05) is 12.1 Å². The monoisotopic (exact) mass is 258 g/mol. The largest absolute Gasteiger partial charge is 0.371 e. The molecule has 1 amide bonds. The van der Waals surface area contributed by atoms with Gasteiger partial charge in [-0.15, -0.1) is 0 Å². The van der Waals surface area contributed by atoms with Crippen LogP contribution in [0.5, 0.6) is 0 Å². The highest BCUT2D eigenvalue weighted by atomic mass is 16.5. The standard InChI is InChI=1S/C14H14N2O3/c17-14(13-5-6-16-19-13)15-8-12-7-10-3-1-2-4-11(10)9-18-12/h1-6,12H,7-9H2,(H,15,17). The summed E-state index contributed by atoms with van der Waals surface area (Å²) in [6, 6.07) is 9.73. The summed E-state index contributed by atoms with van der Waals surface area (Å²) < 4.78 is 10.5. The topological polar surface area (TPSA) is 64.4 Å². The summed E-state index contributed by atoms with van der Waals surface area (Å²) >= 11 is 0. The molecule has 1 aromatic carbocycles. The number of benzene rings is 1. The second-order valence-corrected chi connectivity index (χ2v) is 4.49. The van der Waals surface area contributed by atoms with Crippen molar-refractivity contribution in [3.8, 4) is 0 Å². The molecule has 0 saturated carbocycles.